The van der Waals surface area contributed by atoms with Crippen LogP contribution in [-0.4, -0.2) is 9.97 Å². The molecule has 246 valence electrons. The van der Waals surface area contributed by atoms with Crippen LogP contribution in [0.1, 0.15) is 25.0 Å². The SMILES string of the molecule is CC1(C)c2cc3ccccc3cc2-c2c(-c3cc(-c4ccc(-c5ccccc5-c5cc6ccccc6s5)cc4)nc(-c4ccccc4)n3)cccc21. The summed E-state index contributed by atoms with van der Waals surface area (Å²) in [6.07, 6.45) is 0. The molecule has 0 amide bonds. The Bertz CT molecular complexity index is 2780. The molecule has 0 aliphatic heterocycles. The van der Waals surface area contributed by atoms with Crippen molar-refractivity contribution in [3.63, 3.8) is 0 Å². The predicted octanol–water partition coefficient (Wildman–Crippen LogP) is 13.5. The van der Waals surface area contributed by atoms with Crippen LogP contribution in [0, 0.1) is 0 Å². The number of rotatable bonds is 5. The van der Waals surface area contributed by atoms with E-state index in [9.17, 15) is 0 Å². The minimum absolute atomic E-state index is 0.134. The quantitative estimate of drug-likeness (QED) is 0.181. The van der Waals surface area contributed by atoms with E-state index in [1.165, 1.54) is 64.7 Å². The van der Waals surface area contributed by atoms with Crippen LogP contribution in [0.4, 0.5) is 0 Å². The zero-order valence-corrected chi connectivity index (χ0v) is 29.8. The minimum Gasteiger partial charge on any atom is -0.228 e. The molecule has 3 heteroatoms. The predicted molar refractivity (Wildman–Crippen MR) is 220 cm³/mol. The summed E-state index contributed by atoms with van der Waals surface area (Å²) in [6.45, 7) is 4.69. The van der Waals surface area contributed by atoms with Gasteiger partial charge in [-0.1, -0.05) is 153 Å². The van der Waals surface area contributed by atoms with Crippen LogP contribution in [0.2, 0.25) is 0 Å². The summed E-state index contributed by atoms with van der Waals surface area (Å²) in [5.74, 6) is 0.723. The van der Waals surface area contributed by atoms with Crippen molar-refractivity contribution < 1.29 is 0 Å². The van der Waals surface area contributed by atoms with Crippen LogP contribution in [-0.2, 0) is 5.41 Å². The maximum atomic E-state index is 5.28. The fourth-order valence-corrected chi connectivity index (χ4v) is 9.12. The highest BCUT2D eigenvalue weighted by molar-refractivity contribution is 7.22. The Kier molecular flexibility index (Phi) is 7.06. The molecule has 1 aliphatic rings. The maximum absolute atomic E-state index is 5.28. The topological polar surface area (TPSA) is 25.8 Å². The molecule has 2 heterocycles. The van der Waals surface area contributed by atoms with Gasteiger partial charge in [0.2, 0.25) is 0 Å². The van der Waals surface area contributed by atoms with E-state index < -0.39 is 0 Å². The number of hydrogen-bond donors (Lipinski definition) is 0. The van der Waals surface area contributed by atoms with E-state index >= 15 is 0 Å². The maximum Gasteiger partial charge on any atom is 0.160 e. The van der Waals surface area contributed by atoms with E-state index in [2.05, 4.69) is 178 Å². The van der Waals surface area contributed by atoms with Gasteiger partial charge in [0.25, 0.3) is 0 Å². The van der Waals surface area contributed by atoms with E-state index in [1.54, 1.807) is 0 Å². The third-order valence-corrected chi connectivity index (χ3v) is 11.9. The van der Waals surface area contributed by atoms with Crippen molar-refractivity contribution in [2.75, 3.05) is 0 Å². The van der Waals surface area contributed by atoms with Gasteiger partial charge in [0.1, 0.15) is 0 Å². The Balaban J connectivity index is 1.11. The first kappa shape index (κ1) is 30.6. The highest BCUT2D eigenvalue weighted by Gasteiger charge is 2.37. The lowest BCUT2D eigenvalue weighted by molar-refractivity contribution is 0.661. The smallest absolute Gasteiger partial charge is 0.160 e. The summed E-state index contributed by atoms with van der Waals surface area (Å²) in [5.41, 5.74) is 13.8. The van der Waals surface area contributed by atoms with Crippen LogP contribution in [0.5, 0.6) is 0 Å². The Morgan fingerprint density at radius 2 is 1.06 bits per heavy atom. The molecular formula is C49H34N2S. The van der Waals surface area contributed by atoms with Gasteiger partial charge in [-0.25, -0.2) is 9.97 Å². The lowest BCUT2D eigenvalue weighted by Gasteiger charge is -2.22. The molecule has 0 fully saturated rings. The van der Waals surface area contributed by atoms with Gasteiger partial charge >= 0.3 is 0 Å². The van der Waals surface area contributed by atoms with Crippen molar-refractivity contribution >= 4 is 32.2 Å². The lowest BCUT2D eigenvalue weighted by atomic mass is 9.81. The van der Waals surface area contributed by atoms with Gasteiger partial charge in [0.15, 0.2) is 5.82 Å². The monoisotopic (exact) mass is 682 g/mol. The second kappa shape index (κ2) is 12.0. The molecule has 10 rings (SSSR count). The fraction of sp³-hybridized carbons (Fsp3) is 0.0612. The van der Waals surface area contributed by atoms with Crippen molar-refractivity contribution in [2.24, 2.45) is 0 Å². The van der Waals surface area contributed by atoms with E-state index in [0.29, 0.717) is 0 Å². The molecule has 2 nitrogen and oxygen atoms in total. The summed E-state index contributed by atoms with van der Waals surface area (Å²) in [7, 11) is 0. The van der Waals surface area contributed by atoms with E-state index in [0.717, 1.165) is 33.9 Å². The largest absolute Gasteiger partial charge is 0.228 e. The van der Waals surface area contributed by atoms with Gasteiger partial charge in [0, 0.05) is 31.7 Å². The van der Waals surface area contributed by atoms with Crippen molar-refractivity contribution in [2.45, 2.75) is 19.3 Å². The summed E-state index contributed by atoms with van der Waals surface area (Å²) >= 11 is 1.85. The van der Waals surface area contributed by atoms with Crippen LogP contribution in [0.15, 0.2) is 170 Å². The van der Waals surface area contributed by atoms with Gasteiger partial charge in [-0.05, 0) is 85.4 Å². The Hall–Kier alpha value is -6.16. The number of nitrogens with zero attached hydrogens (tertiary/aromatic N) is 2. The number of fused-ring (bicyclic) bond motifs is 5. The molecule has 52 heavy (non-hydrogen) atoms. The van der Waals surface area contributed by atoms with Crippen molar-refractivity contribution in [3.8, 4) is 66.6 Å². The number of aromatic nitrogens is 2. The minimum atomic E-state index is -0.134. The second-order valence-corrected chi connectivity index (χ2v) is 15.3. The van der Waals surface area contributed by atoms with Crippen LogP contribution in [0.3, 0.4) is 0 Å². The number of hydrogen-bond acceptors (Lipinski definition) is 3. The highest BCUT2D eigenvalue weighted by Crippen LogP contribution is 2.53. The third-order valence-electron chi connectivity index (χ3n) is 10.7. The van der Waals surface area contributed by atoms with Crippen molar-refractivity contribution in [1.82, 2.24) is 9.97 Å². The first-order valence-corrected chi connectivity index (χ1v) is 18.6. The van der Waals surface area contributed by atoms with Crippen LogP contribution < -0.4 is 0 Å². The summed E-state index contributed by atoms with van der Waals surface area (Å²) in [4.78, 5) is 11.7. The van der Waals surface area contributed by atoms with Gasteiger partial charge in [-0.3, -0.25) is 0 Å². The molecule has 0 spiro atoms. The first-order chi connectivity index (χ1) is 25.5. The Morgan fingerprint density at radius 3 is 1.85 bits per heavy atom. The molecule has 0 atom stereocenters. The van der Waals surface area contributed by atoms with Gasteiger partial charge in [0.05, 0.1) is 11.4 Å². The molecule has 0 saturated carbocycles. The molecule has 7 aromatic carbocycles. The lowest BCUT2D eigenvalue weighted by Crippen LogP contribution is -2.14. The second-order valence-electron chi connectivity index (χ2n) is 14.2. The molecule has 9 aromatic rings. The van der Waals surface area contributed by atoms with Gasteiger partial charge < -0.3 is 0 Å². The molecule has 1 aliphatic carbocycles. The van der Waals surface area contributed by atoms with Gasteiger partial charge in [-0.15, -0.1) is 11.3 Å². The summed E-state index contributed by atoms with van der Waals surface area (Å²) in [6, 6.07) is 61.2. The number of benzene rings is 7. The average Bonchev–Trinajstić information content (AvgIpc) is 3.73. The van der Waals surface area contributed by atoms with E-state index in [4.69, 9.17) is 9.97 Å². The Morgan fingerprint density at radius 1 is 0.423 bits per heavy atom. The molecule has 0 unspecified atom stereocenters. The molecule has 0 saturated heterocycles. The zero-order valence-electron chi connectivity index (χ0n) is 29.0. The zero-order chi connectivity index (χ0) is 34.8. The standard InChI is InChI=1S/C49H34N2S/c1-49(2)41-21-12-20-39(47(41)40-27-34-15-6-7-16-35(34)28-42(40)49)44-30-43(50-48(51-44)33-13-4-3-5-14-33)32-25-23-31(24-26-32)37-18-9-10-19-38(37)46-29-36-17-8-11-22-45(36)52-46/h3-30H,1-2H3. The number of thiophene rings is 1. The normalized spacial score (nSPS) is 13.0. The third kappa shape index (κ3) is 5.00. The van der Waals surface area contributed by atoms with E-state index in [-0.39, 0.29) is 5.41 Å². The molecule has 0 N–H and O–H groups in total. The molecule has 0 radical (unpaired) electrons. The highest BCUT2D eigenvalue weighted by atomic mass is 32.1. The summed E-state index contributed by atoms with van der Waals surface area (Å²) < 4.78 is 1.31. The van der Waals surface area contributed by atoms with Crippen molar-refractivity contribution in [1.29, 1.82) is 0 Å². The van der Waals surface area contributed by atoms with Crippen molar-refractivity contribution in [3.05, 3.63) is 181 Å². The molecule has 0 bridgehead atoms. The molecular weight excluding hydrogens is 649 g/mol. The Labute approximate surface area is 307 Å². The van der Waals surface area contributed by atoms with Gasteiger partial charge in [-0.2, -0.15) is 0 Å². The van der Waals surface area contributed by atoms with Crippen LogP contribution >= 0.6 is 11.3 Å². The average molecular weight is 683 g/mol. The summed E-state index contributed by atoms with van der Waals surface area (Å²) in [5, 5.41) is 3.81. The first-order valence-electron chi connectivity index (χ1n) is 17.8. The molecule has 2 aromatic heterocycles. The van der Waals surface area contributed by atoms with Crippen LogP contribution in [0.25, 0.3) is 87.5 Å². The van der Waals surface area contributed by atoms with E-state index in [1.807, 2.05) is 17.4 Å². The fourth-order valence-electron chi connectivity index (χ4n) is 8.02.